The average molecular weight is 337 g/mol. The number of rotatable bonds is 11. The van der Waals surface area contributed by atoms with Crippen LogP contribution in [0.4, 0.5) is 0 Å². The lowest BCUT2D eigenvalue weighted by Gasteiger charge is -2.10. The van der Waals surface area contributed by atoms with E-state index in [9.17, 15) is 5.26 Å². The number of hydrogen-bond donors (Lipinski definition) is 0. The number of nitrogens with zero attached hydrogens (tertiary/aromatic N) is 1. The van der Waals surface area contributed by atoms with Crippen molar-refractivity contribution in [3.8, 4) is 11.8 Å². The molecule has 2 aromatic rings. The number of nitriles is 1. The quantitative estimate of drug-likeness (QED) is 0.395. The second-order valence-electron chi connectivity index (χ2n) is 6.84. The van der Waals surface area contributed by atoms with Crippen LogP contribution in [0.25, 0.3) is 10.8 Å². The van der Waals surface area contributed by atoms with Crippen LogP contribution in [0, 0.1) is 11.3 Å². The smallest absolute Gasteiger partial charge is 0.137 e. The molecule has 0 amide bonds. The van der Waals surface area contributed by atoms with Crippen molar-refractivity contribution in [1.29, 1.82) is 5.26 Å². The van der Waals surface area contributed by atoms with E-state index in [-0.39, 0.29) is 0 Å². The lowest BCUT2D eigenvalue weighted by atomic mass is 10.0. The maximum atomic E-state index is 9.46. The molecule has 1 aliphatic rings. The van der Waals surface area contributed by atoms with Crippen molar-refractivity contribution in [1.82, 2.24) is 0 Å². The van der Waals surface area contributed by atoms with Gasteiger partial charge in [0.2, 0.25) is 0 Å². The Balaban J connectivity index is 1.32. The molecular weight excluding hydrogens is 310 g/mol. The number of benzene rings is 2. The zero-order valence-electron chi connectivity index (χ0n) is 14.9. The second kappa shape index (κ2) is 9.44. The maximum absolute atomic E-state index is 9.46. The molecule has 0 bridgehead atoms. The molecule has 0 saturated carbocycles. The van der Waals surface area contributed by atoms with E-state index in [1.807, 2.05) is 36.4 Å². The highest BCUT2D eigenvalue weighted by Crippen LogP contribution is 2.27. The van der Waals surface area contributed by atoms with Gasteiger partial charge in [-0.2, -0.15) is 5.26 Å². The highest BCUT2D eigenvalue weighted by Gasteiger charge is 2.20. The maximum Gasteiger partial charge on any atom is 0.137 e. The number of epoxide rings is 1. The Hall–Kier alpha value is -2.05. The first-order valence-electron chi connectivity index (χ1n) is 9.55. The molecule has 3 heteroatoms. The van der Waals surface area contributed by atoms with Crippen LogP contribution in [0.5, 0.6) is 5.75 Å². The topological polar surface area (TPSA) is 45.5 Å². The molecule has 0 radical (unpaired) electrons. The lowest BCUT2D eigenvalue weighted by molar-refractivity contribution is 0.304. The molecule has 0 N–H and O–H groups in total. The van der Waals surface area contributed by atoms with E-state index in [0.717, 1.165) is 23.8 Å². The summed E-state index contributed by atoms with van der Waals surface area (Å²) < 4.78 is 11.1. The molecule has 0 spiro atoms. The van der Waals surface area contributed by atoms with Gasteiger partial charge in [-0.25, -0.2) is 0 Å². The molecule has 25 heavy (non-hydrogen) atoms. The van der Waals surface area contributed by atoms with Crippen molar-refractivity contribution in [2.24, 2.45) is 0 Å². The number of hydrogen-bond acceptors (Lipinski definition) is 3. The summed E-state index contributed by atoms with van der Waals surface area (Å²) >= 11 is 0. The summed E-state index contributed by atoms with van der Waals surface area (Å²) in [7, 11) is 0. The van der Waals surface area contributed by atoms with Gasteiger partial charge in [-0.05, 0) is 24.3 Å². The minimum absolute atomic E-state index is 0.588. The van der Waals surface area contributed by atoms with E-state index in [0.29, 0.717) is 24.0 Å². The lowest BCUT2D eigenvalue weighted by Crippen LogP contribution is -1.99. The molecule has 3 rings (SSSR count). The minimum Gasteiger partial charge on any atom is -0.492 e. The molecule has 1 fully saturated rings. The molecule has 3 nitrogen and oxygen atoms in total. The Kier molecular flexibility index (Phi) is 6.71. The molecule has 1 aliphatic heterocycles. The van der Waals surface area contributed by atoms with Gasteiger partial charge in [0.15, 0.2) is 0 Å². The molecule has 0 aliphatic carbocycles. The SMILES string of the molecule is N#Cc1c(OCCCCCCCCCC2CO2)ccc2ccccc12. The third-order valence-corrected chi connectivity index (χ3v) is 4.83. The Labute approximate surface area is 150 Å². The summed E-state index contributed by atoms with van der Waals surface area (Å²) in [5.41, 5.74) is 0.651. The summed E-state index contributed by atoms with van der Waals surface area (Å²) in [5, 5.41) is 11.5. The zero-order chi connectivity index (χ0) is 17.3. The highest BCUT2D eigenvalue weighted by molar-refractivity contribution is 5.90. The van der Waals surface area contributed by atoms with Crippen molar-refractivity contribution in [3.05, 3.63) is 42.0 Å². The van der Waals surface area contributed by atoms with Crippen molar-refractivity contribution in [2.75, 3.05) is 13.2 Å². The largest absolute Gasteiger partial charge is 0.492 e. The molecule has 1 heterocycles. The molecule has 1 saturated heterocycles. The number of ether oxygens (including phenoxy) is 2. The van der Waals surface area contributed by atoms with Gasteiger partial charge in [0.25, 0.3) is 0 Å². The average Bonchev–Trinajstić information content (AvgIpc) is 3.47. The Morgan fingerprint density at radius 1 is 0.960 bits per heavy atom. The van der Waals surface area contributed by atoms with Crippen LogP contribution in [-0.2, 0) is 4.74 Å². The van der Waals surface area contributed by atoms with Gasteiger partial charge < -0.3 is 9.47 Å². The van der Waals surface area contributed by atoms with Gasteiger partial charge in [-0.3, -0.25) is 0 Å². The Bertz CT molecular complexity index is 716. The predicted molar refractivity (Wildman–Crippen MR) is 101 cm³/mol. The van der Waals surface area contributed by atoms with Crippen LogP contribution in [0.3, 0.4) is 0 Å². The van der Waals surface area contributed by atoms with Gasteiger partial charge >= 0.3 is 0 Å². The van der Waals surface area contributed by atoms with Crippen LogP contribution >= 0.6 is 0 Å². The van der Waals surface area contributed by atoms with Gasteiger partial charge in [-0.1, -0.05) is 68.9 Å². The second-order valence-corrected chi connectivity index (χ2v) is 6.84. The fourth-order valence-electron chi connectivity index (χ4n) is 3.26. The predicted octanol–water partition coefficient (Wildman–Crippen LogP) is 5.61. The van der Waals surface area contributed by atoms with Gasteiger partial charge in [0, 0.05) is 5.39 Å². The monoisotopic (exact) mass is 337 g/mol. The fourth-order valence-corrected chi connectivity index (χ4v) is 3.26. The summed E-state index contributed by atoms with van der Waals surface area (Å²) in [6.45, 7) is 1.68. The van der Waals surface area contributed by atoms with E-state index in [2.05, 4.69) is 6.07 Å². The Morgan fingerprint density at radius 3 is 2.44 bits per heavy atom. The summed E-state index contributed by atoms with van der Waals surface area (Å²) in [4.78, 5) is 0. The molecule has 2 aromatic carbocycles. The third kappa shape index (κ3) is 5.47. The van der Waals surface area contributed by atoms with Gasteiger partial charge in [-0.15, -0.1) is 0 Å². The summed E-state index contributed by atoms with van der Waals surface area (Å²) in [5.74, 6) is 0.712. The van der Waals surface area contributed by atoms with Crippen LogP contribution in [-0.4, -0.2) is 19.3 Å². The van der Waals surface area contributed by atoms with Crippen LogP contribution in [0.2, 0.25) is 0 Å². The van der Waals surface area contributed by atoms with Crippen LogP contribution in [0.15, 0.2) is 36.4 Å². The van der Waals surface area contributed by atoms with E-state index in [4.69, 9.17) is 9.47 Å². The standard InChI is InChI=1S/C22H27NO2/c23-16-21-20-12-8-7-10-18(20)13-14-22(21)24-15-9-5-3-1-2-4-6-11-19-17-25-19/h7-8,10,12-14,19H,1-6,9,11,15,17H2. The molecular formula is C22H27NO2. The van der Waals surface area contributed by atoms with E-state index in [1.54, 1.807) is 0 Å². The highest BCUT2D eigenvalue weighted by atomic mass is 16.6. The Morgan fingerprint density at radius 2 is 1.68 bits per heavy atom. The number of unbranched alkanes of at least 4 members (excludes halogenated alkanes) is 6. The van der Waals surface area contributed by atoms with Crippen molar-refractivity contribution in [3.63, 3.8) is 0 Å². The van der Waals surface area contributed by atoms with Gasteiger partial charge in [0.1, 0.15) is 17.4 Å². The first-order valence-corrected chi connectivity index (χ1v) is 9.55. The number of fused-ring (bicyclic) bond motifs is 1. The van der Waals surface area contributed by atoms with Gasteiger partial charge in [0.05, 0.1) is 19.3 Å². The fraction of sp³-hybridized carbons (Fsp3) is 0.500. The van der Waals surface area contributed by atoms with Crippen LogP contribution < -0.4 is 4.74 Å². The van der Waals surface area contributed by atoms with E-state index < -0.39 is 0 Å². The molecule has 132 valence electrons. The van der Waals surface area contributed by atoms with E-state index in [1.165, 1.54) is 44.9 Å². The molecule has 1 unspecified atom stereocenters. The summed E-state index contributed by atoms with van der Waals surface area (Å²) in [6, 6.07) is 14.2. The van der Waals surface area contributed by atoms with Crippen LogP contribution in [0.1, 0.15) is 56.9 Å². The van der Waals surface area contributed by atoms with E-state index >= 15 is 0 Å². The first kappa shape index (κ1) is 17.8. The normalized spacial score (nSPS) is 15.9. The minimum atomic E-state index is 0.588. The molecule has 0 aromatic heterocycles. The zero-order valence-corrected chi connectivity index (χ0v) is 14.9. The van der Waals surface area contributed by atoms with Crippen molar-refractivity contribution < 1.29 is 9.47 Å². The summed E-state index contributed by atoms with van der Waals surface area (Å²) in [6.07, 6.45) is 10.6. The third-order valence-electron chi connectivity index (χ3n) is 4.83. The van der Waals surface area contributed by atoms with Crippen molar-refractivity contribution >= 4 is 10.8 Å². The first-order chi connectivity index (χ1) is 12.4. The molecule has 1 atom stereocenters. The van der Waals surface area contributed by atoms with Crippen molar-refractivity contribution in [2.45, 2.75) is 57.5 Å².